The van der Waals surface area contributed by atoms with E-state index < -0.39 is 0 Å². The molecule has 2 aromatic carbocycles. The molecule has 0 atom stereocenters. The highest BCUT2D eigenvalue weighted by atomic mass is 16.5. The van der Waals surface area contributed by atoms with Gasteiger partial charge in [-0.2, -0.15) is 0 Å². The van der Waals surface area contributed by atoms with Crippen LogP contribution in [0, 0.1) is 13.3 Å². The van der Waals surface area contributed by atoms with E-state index in [-0.39, 0.29) is 0 Å². The number of ether oxygens (including phenoxy) is 1. The van der Waals surface area contributed by atoms with Gasteiger partial charge in [0.2, 0.25) is 0 Å². The van der Waals surface area contributed by atoms with Crippen molar-refractivity contribution >= 4 is 5.57 Å². The van der Waals surface area contributed by atoms with E-state index in [2.05, 4.69) is 106 Å². The van der Waals surface area contributed by atoms with Gasteiger partial charge < -0.3 is 14.5 Å². The molecule has 0 aromatic heterocycles. The largest absolute Gasteiger partial charge is 0.493 e. The average molecular weight is 418 g/mol. The molecule has 3 heteroatoms. The molecule has 0 spiro atoms. The van der Waals surface area contributed by atoms with Crippen LogP contribution in [0.5, 0.6) is 5.75 Å². The maximum absolute atomic E-state index is 6.33. The molecule has 0 amide bonds. The number of nitrogens with zero attached hydrogens (tertiary/aromatic N) is 2. The van der Waals surface area contributed by atoms with Crippen molar-refractivity contribution in [2.75, 3.05) is 47.9 Å². The summed E-state index contributed by atoms with van der Waals surface area (Å²) in [7, 11) is 8.49. The van der Waals surface area contributed by atoms with Gasteiger partial charge in [-0.05, 0) is 107 Å². The number of allylic oxidation sites excluding steroid dienone is 3. The summed E-state index contributed by atoms with van der Waals surface area (Å²) < 4.78 is 6.33. The smallest absolute Gasteiger partial charge is 0.127 e. The monoisotopic (exact) mass is 417 g/mol. The predicted molar refractivity (Wildman–Crippen MR) is 133 cm³/mol. The summed E-state index contributed by atoms with van der Waals surface area (Å²) in [5.41, 5.74) is 7.64. The number of likely N-dealkylation sites (N-methyl/N-ethyl adjacent to an activating group) is 1. The van der Waals surface area contributed by atoms with Gasteiger partial charge in [-0.3, -0.25) is 0 Å². The van der Waals surface area contributed by atoms with Gasteiger partial charge in [-0.1, -0.05) is 42.5 Å². The van der Waals surface area contributed by atoms with Crippen molar-refractivity contribution in [1.29, 1.82) is 0 Å². The van der Waals surface area contributed by atoms with E-state index in [1.807, 2.05) is 0 Å². The topological polar surface area (TPSA) is 15.7 Å². The normalized spacial score (nSPS) is 14.0. The van der Waals surface area contributed by atoms with E-state index >= 15 is 0 Å². The standard InChI is InChI=1S/C28H37N2O/c1-22-12-6-8-14-25(22)23-16-17-28(31-19-11-10-18-29(2)3)27(20-23)26-15-9-7-13-24(26)21-30(4)5/h6,8-9,12-17,20H,7,10-11,18-19,21H2,1-5H3. The van der Waals surface area contributed by atoms with Crippen LogP contribution in [0.2, 0.25) is 0 Å². The minimum Gasteiger partial charge on any atom is -0.493 e. The lowest BCUT2D eigenvalue weighted by Crippen LogP contribution is -2.17. The first-order valence-corrected chi connectivity index (χ1v) is 11.3. The van der Waals surface area contributed by atoms with Gasteiger partial charge in [0.05, 0.1) is 6.61 Å². The highest BCUT2D eigenvalue weighted by Gasteiger charge is 2.17. The van der Waals surface area contributed by atoms with Crippen LogP contribution in [0.1, 0.15) is 30.4 Å². The number of rotatable bonds is 10. The molecule has 0 saturated carbocycles. The molecule has 1 radical (unpaired) electrons. The van der Waals surface area contributed by atoms with E-state index in [0.717, 1.165) is 44.7 Å². The van der Waals surface area contributed by atoms with Crippen LogP contribution in [0.4, 0.5) is 0 Å². The van der Waals surface area contributed by atoms with Crippen molar-refractivity contribution in [2.45, 2.75) is 26.2 Å². The lowest BCUT2D eigenvalue weighted by Gasteiger charge is -2.22. The SMILES string of the molecule is Cc1ccccc1-c1ccc(OCCCCN(C)C)c(C2=C(CN(C)C)[CH]CC=C2)c1. The Balaban J connectivity index is 1.96. The van der Waals surface area contributed by atoms with E-state index in [0.29, 0.717) is 0 Å². The van der Waals surface area contributed by atoms with Crippen LogP contribution in [0.3, 0.4) is 0 Å². The number of unbranched alkanes of at least 4 members (excludes halogenated alkanes) is 1. The lowest BCUT2D eigenvalue weighted by molar-refractivity contribution is 0.292. The Labute approximate surface area is 189 Å². The maximum Gasteiger partial charge on any atom is 0.127 e. The van der Waals surface area contributed by atoms with Gasteiger partial charge in [0.1, 0.15) is 5.75 Å². The molecule has 3 nitrogen and oxygen atoms in total. The molecule has 0 unspecified atom stereocenters. The summed E-state index contributed by atoms with van der Waals surface area (Å²) in [6, 6.07) is 15.3. The number of hydrogen-bond acceptors (Lipinski definition) is 3. The molecule has 0 N–H and O–H groups in total. The molecule has 2 aromatic rings. The molecule has 0 bridgehead atoms. The van der Waals surface area contributed by atoms with Crippen LogP contribution in [0.15, 0.2) is 60.2 Å². The fraction of sp³-hybridized carbons (Fsp3) is 0.393. The number of aryl methyl sites for hydroxylation is 1. The predicted octanol–water partition coefficient (Wildman–Crippen LogP) is 5.86. The van der Waals surface area contributed by atoms with E-state index in [1.165, 1.54) is 33.4 Å². The molecule has 3 rings (SSSR count). The lowest BCUT2D eigenvalue weighted by atomic mass is 9.89. The fourth-order valence-electron chi connectivity index (χ4n) is 4.01. The Kier molecular flexibility index (Phi) is 8.51. The van der Waals surface area contributed by atoms with Gasteiger partial charge in [0, 0.05) is 12.1 Å². The Morgan fingerprint density at radius 3 is 2.45 bits per heavy atom. The zero-order valence-corrected chi connectivity index (χ0v) is 19.8. The highest BCUT2D eigenvalue weighted by Crippen LogP contribution is 2.37. The molecule has 0 heterocycles. The first kappa shape index (κ1) is 23.3. The van der Waals surface area contributed by atoms with E-state index in [1.54, 1.807) is 0 Å². The zero-order valence-electron chi connectivity index (χ0n) is 19.8. The van der Waals surface area contributed by atoms with Crippen LogP contribution >= 0.6 is 0 Å². The molecule has 1 aliphatic rings. The van der Waals surface area contributed by atoms with Gasteiger partial charge in [-0.25, -0.2) is 0 Å². The third kappa shape index (κ3) is 6.56. The summed E-state index contributed by atoms with van der Waals surface area (Å²) in [6.07, 6.45) is 10.1. The molecular formula is C28H37N2O. The first-order valence-electron chi connectivity index (χ1n) is 11.3. The third-order valence-electron chi connectivity index (χ3n) is 5.60. The van der Waals surface area contributed by atoms with Crippen LogP contribution in [-0.4, -0.2) is 57.7 Å². The van der Waals surface area contributed by atoms with Crippen molar-refractivity contribution in [3.63, 3.8) is 0 Å². The molecule has 31 heavy (non-hydrogen) atoms. The number of benzene rings is 2. The second-order valence-electron chi connectivity index (χ2n) is 8.90. The van der Waals surface area contributed by atoms with Crippen LogP contribution in [-0.2, 0) is 0 Å². The molecule has 1 aliphatic carbocycles. The van der Waals surface area contributed by atoms with Gasteiger partial charge >= 0.3 is 0 Å². The van der Waals surface area contributed by atoms with Crippen molar-refractivity contribution in [1.82, 2.24) is 9.80 Å². The first-order chi connectivity index (χ1) is 15.0. The van der Waals surface area contributed by atoms with Crippen molar-refractivity contribution in [3.05, 3.63) is 77.7 Å². The van der Waals surface area contributed by atoms with Crippen molar-refractivity contribution < 1.29 is 4.74 Å². The molecule has 0 saturated heterocycles. The van der Waals surface area contributed by atoms with Crippen LogP contribution in [0.25, 0.3) is 16.7 Å². The minimum atomic E-state index is 0.744. The minimum absolute atomic E-state index is 0.744. The quantitative estimate of drug-likeness (QED) is 0.450. The molecule has 165 valence electrons. The van der Waals surface area contributed by atoms with Crippen molar-refractivity contribution in [3.8, 4) is 16.9 Å². The van der Waals surface area contributed by atoms with E-state index in [4.69, 9.17) is 4.74 Å². The third-order valence-corrected chi connectivity index (χ3v) is 5.60. The van der Waals surface area contributed by atoms with Gasteiger partial charge in [0.15, 0.2) is 0 Å². The number of hydrogen-bond donors (Lipinski definition) is 0. The Hall–Kier alpha value is -2.36. The summed E-state index contributed by atoms with van der Waals surface area (Å²) in [5.74, 6) is 0.980. The van der Waals surface area contributed by atoms with Crippen molar-refractivity contribution in [2.24, 2.45) is 0 Å². The highest BCUT2D eigenvalue weighted by molar-refractivity contribution is 5.85. The Bertz CT molecular complexity index is 924. The summed E-state index contributed by atoms with van der Waals surface area (Å²) in [4.78, 5) is 4.46. The second-order valence-corrected chi connectivity index (χ2v) is 8.90. The van der Waals surface area contributed by atoms with E-state index in [9.17, 15) is 0 Å². The van der Waals surface area contributed by atoms with Crippen LogP contribution < -0.4 is 4.74 Å². The molecule has 0 fully saturated rings. The summed E-state index contributed by atoms with van der Waals surface area (Å²) >= 11 is 0. The van der Waals surface area contributed by atoms with Gasteiger partial charge in [0.25, 0.3) is 0 Å². The molecular weight excluding hydrogens is 380 g/mol. The molecule has 0 aliphatic heterocycles. The average Bonchev–Trinajstić information content (AvgIpc) is 2.74. The fourth-order valence-corrected chi connectivity index (χ4v) is 4.01. The summed E-state index contributed by atoms with van der Waals surface area (Å²) in [5, 5.41) is 0. The Morgan fingerprint density at radius 1 is 0.903 bits per heavy atom. The summed E-state index contributed by atoms with van der Waals surface area (Å²) in [6.45, 7) is 4.94. The van der Waals surface area contributed by atoms with Gasteiger partial charge in [-0.15, -0.1) is 0 Å². The maximum atomic E-state index is 6.33. The zero-order chi connectivity index (χ0) is 22.2. The Morgan fingerprint density at radius 2 is 1.71 bits per heavy atom. The second kappa shape index (κ2) is 11.3.